The van der Waals surface area contributed by atoms with Crippen LogP contribution in [0.5, 0.6) is 0 Å². The topological polar surface area (TPSA) is 68.2 Å². The molecule has 0 aromatic carbocycles. The van der Waals surface area contributed by atoms with Gasteiger partial charge in [-0.05, 0) is 19.3 Å². The van der Waals surface area contributed by atoms with Gasteiger partial charge in [-0.2, -0.15) is 0 Å². The summed E-state index contributed by atoms with van der Waals surface area (Å²) in [5.74, 6) is 0.677. The van der Waals surface area contributed by atoms with Gasteiger partial charge in [0.15, 0.2) is 0 Å². The minimum absolute atomic E-state index is 0.119. The predicted octanol–water partition coefficient (Wildman–Crippen LogP) is 1.78. The molecule has 0 bridgehead atoms. The average Bonchev–Trinajstić information content (AvgIpc) is 2.96. The number of hydrogen-bond acceptors (Lipinski definition) is 4. The third-order valence-electron chi connectivity index (χ3n) is 4.16. The summed E-state index contributed by atoms with van der Waals surface area (Å²) in [4.78, 5) is 16.4. The maximum atomic E-state index is 12.0. The Morgan fingerprint density at radius 3 is 3.05 bits per heavy atom. The average molecular weight is 292 g/mol. The first-order valence-corrected chi connectivity index (χ1v) is 8.04. The number of nitrogens with zero attached hydrogens (tertiary/aromatic N) is 2. The molecular formula is C15H24N4O2. The van der Waals surface area contributed by atoms with Crippen LogP contribution in [0.2, 0.25) is 0 Å². The van der Waals surface area contributed by atoms with Crippen LogP contribution in [0, 0.1) is 0 Å². The smallest absolute Gasteiger partial charge is 0.271 e. The number of carbonyl (C=O) groups excluding carboxylic acids is 1. The fourth-order valence-electron chi connectivity index (χ4n) is 3.00. The maximum Gasteiger partial charge on any atom is 0.271 e. The van der Waals surface area contributed by atoms with Crippen molar-refractivity contribution in [2.24, 2.45) is 0 Å². The van der Waals surface area contributed by atoms with Gasteiger partial charge in [-0.1, -0.05) is 19.3 Å². The van der Waals surface area contributed by atoms with Crippen LogP contribution in [0.4, 0.5) is 5.95 Å². The van der Waals surface area contributed by atoms with Gasteiger partial charge in [-0.15, -0.1) is 0 Å². The van der Waals surface area contributed by atoms with Crippen molar-refractivity contribution in [1.29, 1.82) is 0 Å². The highest BCUT2D eigenvalue weighted by Crippen LogP contribution is 2.19. The van der Waals surface area contributed by atoms with Gasteiger partial charge in [0.1, 0.15) is 5.69 Å². The first-order chi connectivity index (χ1) is 10.3. The van der Waals surface area contributed by atoms with Gasteiger partial charge in [0.25, 0.3) is 5.91 Å². The van der Waals surface area contributed by atoms with Crippen LogP contribution in [0.3, 0.4) is 0 Å². The molecule has 0 radical (unpaired) electrons. The van der Waals surface area contributed by atoms with E-state index in [9.17, 15) is 4.79 Å². The zero-order valence-corrected chi connectivity index (χ0v) is 12.4. The first-order valence-electron chi connectivity index (χ1n) is 8.04. The number of hydrogen-bond donors (Lipinski definition) is 2. The Balaban J connectivity index is 1.40. The third-order valence-corrected chi connectivity index (χ3v) is 4.16. The van der Waals surface area contributed by atoms with E-state index in [2.05, 4.69) is 15.6 Å². The van der Waals surface area contributed by atoms with Crippen LogP contribution in [0.25, 0.3) is 0 Å². The van der Waals surface area contributed by atoms with Crippen LogP contribution >= 0.6 is 0 Å². The molecule has 0 spiro atoms. The summed E-state index contributed by atoms with van der Waals surface area (Å²) >= 11 is 0. The second-order valence-electron chi connectivity index (χ2n) is 5.81. The van der Waals surface area contributed by atoms with Gasteiger partial charge < -0.3 is 19.9 Å². The molecule has 6 heteroatoms. The lowest BCUT2D eigenvalue weighted by Crippen LogP contribution is -2.29. The molecule has 1 aliphatic heterocycles. The van der Waals surface area contributed by atoms with E-state index < -0.39 is 0 Å². The molecule has 1 saturated carbocycles. The van der Waals surface area contributed by atoms with Gasteiger partial charge in [0.05, 0.1) is 12.7 Å². The van der Waals surface area contributed by atoms with Gasteiger partial charge >= 0.3 is 0 Å². The summed E-state index contributed by atoms with van der Waals surface area (Å²) in [5.41, 5.74) is 0.483. The Morgan fingerprint density at radius 2 is 2.24 bits per heavy atom. The number of aryl methyl sites for hydroxylation is 1. The van der Waals surface area contributed by atoms with Crippen molar-refractivity contribution in [1.82, 2.24) is 14.9 Å². The van der Waals surface area contributed by atoms with E-state index in [4.69, 9.17) is 4.74 Å². The summed E-state index contributed by atoms with van der Waals surface area (Å²) in [6.07, 6.45) is 9.46. The molecule has 0 atom stereocenters. The van der Waals surface area contributed by atoms with Gasteiger partial charge in [-0.3, -0.25) is 4.79 Å². The maximum absolute atomic E-state index is 12.0. The Kier molecular flexibility index (Phi) is 4.75. The van der Waals surface area contributed by atoms with E-state index in [0.717, 1.165) is 38.3 Å². The molecule has 2 heterocycles. The van der Waals surface area contributed by atoms with Crippen molar-refractivity contribution < 1.29 is 9.53 Å². The number of aromatic nitrogens is 2. The molecule has 1 aromatic heterocycles. The van der Waals surface area contributed by atoms with Crippen molar-refractivity contribution in [3.63, 3.8) is 0 Å². The van der Waals surface area contributed by atoms with Crippen LogP contribution in [-0.4, -0.2) is 41.3 Å². The molecule has 116 valence electrons. The predicted molar refractivity (Wildman–Crippen MR) is 80.5 cm³/mol. The highest BCUT2D eigenvalue weighted by atomic mass is 16.5. The van der Waals surface area contributed by atoms with E-state index in [1.165, 1.54) is 19.3 Å². The van der Waals surface area contributed by atoms with E-state index in [1.54, 1.807) is 0 Å². The van der Waals surface area contributed by atoms with E-state index in [0.29, 0.717) is 24.9 Å². The summed E-state index contributed by atoms with van der Waals surface area (Å²) in [6.45, 7) is 2.98. The number of amides is 1. The Hall–Kier alpha value is -1.56. The summed E-state index contributed by atoms with van der Waals surface area (Å²) < 4.78 is 7.79. The number of ether oxygens (including phenoxy) is 1. The number of rotatable bonds is 5. The van der Waals surface area contributed by atoms with Gasteiger partial charge in [0, 0.05) is 25.8 Å². The Morgan fingerprint density at radius 1 is 1.38 bits per heavy atom. The molecule has 6 nitrogen and oxygen atoms in total. The Labute approximate surface area is 125 Å². The first kappa shape index (κ1) is 14.4. The quantitative estimate of drug-likeness (QED) is 0.812. The molecule has 1 fully saturated rings. The van der Waals surface area contributed by atoms with E-state index >= 15 is 0 Å². The monoisotopic (exact) mass is 292 g/mol. The lowest BCUT2D eigenvalue weighted by Gasteiger charge is -2.21. The minimum atomic E-state index is -0.119. The normalized spacial score (nSPS) is 18.9. The fourth-order valence-corrected chi connectivity index (χ4v) is 3.00. The van der Waals surface area contributed by atoms with Crippen molar-refractivity contribution in [2.45, 2.75) is 51.2 Å². The summed E-state index contributed by atoms with van der Waals surface area (Å²) in [7, 11) is 0. The summed E-state index contributed by atoms with van der Waals surface area (Å²) in [6, 6.07) is 0. The highest BCUT2D eigenvalue weighted by molar-refractivity contribution is 5.92. The van der Waals surface area contributed by atoms with E-state index in [1.807, 2.05) is 10.8 Å². The van der Waals surface area contributed by atoms with Crippen molar-refractivity contribution in [3.05, 3.63) is 11.9 Å². The second kappa shape index (κ2) is 6.93. The lowest BCUT2D eigenvalue weighted by atomic mass is 9.98. The largest absolute Gasteiger partial charge is 0.376 e. The zero-order valence-electron chi connectivity index (χ0n) is 12.4. The molecule has 0 unspecified atom stereocenters. The molecular weight excluding hydrogens is 268 g/mol. The lowest BCUT2D eigenvalue weighted by molar-refractivity contribution is 0.0299. The van der Waals surface area contributed by atoms with Crippen molar-refractivity contribution >= 4 is 11.9 Å². The van der Waals surface area contributed by atoms with Crippen LogP contribution in [-0.2, 0) is 11.3 Å². The van der Waals surface area contributed by atoms with E-state index in [-0.39, 0.29) is 5.91 Å². The third kappa shape index (κ3) is 3.75. The molecule has 3 rings (SSSR count). The van der Waals surface area contributed by atoms with Crippen molar-refractivity contribution in [3.8, 4) is 0 Å². The number of anilines is 1. The van der Waals surface area contributed by atoms with Gasteiger partial charge in [0.2, 0.25) is 5.95 Å². The number of nitrogens with one attached hydrogen (secondary N) is 2. The van der Waals surface area contributed by atoms with Crippen LogP contribution < -0.4 is 10.6 Å². The van der Waals surface area contributed by atoms with Gasteiger partial charge in [-0.25, -0.2) is 4.98 Å². The second-order valence-corrected chi connectivity index (χ2v) is 5.81. The standard InChI is InChI=1S/C15H24N4O2/c20-14(13-11-19-9-4-7-17-15(19)18-13)16-8-10-21-12-5-2-1-3-6-12/h11-12H,1-10H2,(H,16,20)(H,17,18). The van der Waals surface area contributed by atoms with Crippen LogP contribution in [0.1, 0.15) is 49.0 Å². The molecule has 1 aromatic rings. The number of imidazole rings is 1. The molecule has 1 amide bonds. The number of carbonyl (C=O) groups is 1. The van der Waals surface area contributed by atoms with Crippen molar-refractivity contribution in [2.75, 3.05) is 25.0 Å². The SMILES string of the molecule is O=C(NCCOC1CCCCC1)c1cn2c(n1)NCCC2. The molecule has 2 aliphatic rings. The Bertz CT molecular complexity index is 457. The number of fused-ring (bicyclic) bond motifs is 1. The highest BCUT2D eigenvalue weighted by Gasteiger charge is 2.17. The molecule has 21 heavy (non-hydrogen) atoms. The summed E-state index contributed by atoms with van der Waals surface area (Å²) in [5, 5.41) is 6.08. The molecule has 0 saturated heterocycles. The fraction of sp³-hybridized carbons (Fsp3) is 0.733. The van der Waals surface area contributed by atoms with Crippen LogP contribution in [0.15, 0.2) is 6.20 Å². The minimum Gasteiger partial charge on any atom is -0.376 e. The zero-order chi connectivity index (χ0) is 14.5. The molecule has 2 N–H and O–H groups in total. The molecule has 1 aliphatic carbocycles.